The Morgan fingerprint density at radius 1 is 1.42 bits per heavy atom. The maximum absolute atomic E-state index is 10.4. The minimum atomic E-state index is -0.459. The predicted molar refractivity (Wildman–Crippen MR) is 46.3 cm³/mol. The summed E-state index contributed by atoms with van der Waals surface area (Å²) in [4.78, 5) is 9.97. The zero-order chi connectivity index (χ0) is 8.55. The van der Waals surface area contributed by atoms with Crippen LogP contribution in [0.2, 0.25) is 0 Å². The Morgan fingerprint density at radius 2 is 2.17 bits per heavy atom. The Labute approximate surface area is 71.8 Å². The third-order valence-electron chi connectivity index (χ3n) is 1.53. The van der Waals surface area contributed by atoms with Crippen molar-refractivity contribution in [3.8, 4) is 0 Å². The predicted octanol–water partition coefficient (Wildman–Crippen LogP) is 2.20. The van der Waals surface area contributed by atoms with Crippen molar-refractivity contribution < 1.29 is 4.92 Å². The van der Waals surface area contributed by atoms with Gasteiger partial charge >= 0.3 is 5.82 Å². The van der Waals surface area contributed by atoms with Crippen LogP contribution < -0.4 is 0 Å². The Balaban J connectivity index is 2.79. The summed E-state index contributed by atoms with van der Waals surface area (Å²) in [6.45, 7) is 0. The smallest absolute Gasteiger partial charge is 0.358 e. The van der Waals surface area contributed by atoms with Gasteiger partial charge in [-0.3, -0.25) is 0 Å². The number of nitro groups is 1. The number of benzene rings is 1. The maximum atomic E-state index is 10.4. The van der Waals surface area contributed by atoms with Crippen molar-refractivity contribution >= 4 is 27.4 Å². The van der Waals surface area contributed by atoms with Crippen LogP contribution in [0.15, 0.2) is 24.3 Å². The molecule has 0 aliphatic carbocycles. The lowest BCUT2D eigenvalue weighted by atomic mass is 10.3. The quantitative estimate of drug-likeness (QED) is 0.499. The van der Waals surface area contributed by atoms with Crippen molar-refractivity contribution in [3.63, 3.8) is 0 Å². The molecular formula is C7H4N2O2S. The van der Waals surface area contributed by atoms with Gasteiger partial charge in [0.1, 0.15) is 0 Å². The van der Waals surface area contributed by atoms with E-state index in [9.17, 15) is 10.1 Å². The van der Waals surface area contributed by atoms with Gasteiger partial charge in [-0.05, 0) is 17.1 Å². The molecule has 5 heteroatoms. The molecule has 0 aliphatic heterocycles. The minimum Gasteiger partial charge on any atom is -0.358 e. The lowest BCUT2D eigenvalue weighted by Gasteiger charge is -1.87. The second-order valence-electron chi connectivity index (χ2n) is 2.26. The summed E-state index contributed by atoms with van der Waals surface area (Å²) in [6, 6.07) is 7.13. The minimum absolute atomic E-state index is 0.0457. The van der Waals surface area contributed by atoms with Crippen molar-refractivity contribution in [1.29, 1.82) is 0 Å². The van der Waals surface area contributed by atoms with Crippen LogP contribution in [0.1, 0.15) is 0 Å². The molecule has 0 N–H and O–H groups in total. The van der Waals surface area contributed by atoms with Crippen LogP contribution in [-0.4, -0.2) is 9.30 Å². The highest BCUT2D eigenvalue weighted by Crippen LogP contribution is 2.27. The average molecular weight is 180 g/mol. The first kappa shape index (κ1) is 7.17. The Hall–Kier alpha value is -1.49. The molecule has 1 aromatic heterocycles. The molecule has 0 amide bonds. The topological polar surface area (TPSA) is 56.0 Å². The van der Waals surface area contributed by atoms with Gasteiger partial charge in [0.05, 0.1) is 21.6 Å². The van der Waals surface area contributed by atoms with E-state index in [2.05, 4.69) is 4.37 Å². The number of hydrogen-bond acceptors (Lipinski definition) is 4. The van der Waals surface area contributed by atoms with E-state index in [4.69, 9.17) is 0 Å². The van der Waals surface area contributed by atoms with Crippen molar-refractivity contribution in [1.82, 2.24) is 4.37 Å². The van der Waals surface area contributed by atoms with Gasteiger partial charge in [-0.15, -0.1) is 0 Å². The fraction of sp³-hybridized carbons (Fsp3) is 0. The lowest BCUT2D eigenvalue weighted by molar-refractivity contribution is -0.387. The van der Waals surface area contributed by atoms with E-state index in [1.165, 1.54) is 0 Å². The van der Waals surface area contributed by atoms with Gasteiger partial charge in [0.15, 0.2) is 0 Å². The monoisotopic (exact) mass is 180 g/mol. The van der Waals surface area contributed by atoms with E-state index in [1.54, 1.807) is 12.1 Å². The maximum Gasteiger partial charge on any atom is 0.386 e. The van der Waals surface area contributed by atoms with E-state index in [0.717, 1.165) is 16.2 Å². The van der Waals surface area contributed by atoms with E-state index >= 15 is 0 Å². The van der Waals surface area contributed by atoms with Crippen molar-refractivity contribution in [2.75, 3.05) is 0 Å². The van der Waals surface area contributed by atoms with Gasteiger partial charge in [-0.25, -0.2) is 0 Å². The summed E-state index contributed by atoms with van der Waals surface area (Å²) in [5, 5.41) is 11.0. The molecule has 4 nitrogen and oxygen atoms in total. The molecular weight excluding hydrogens is 176 g/mol. The highest BCUT2D eigenvalue weighted by atomic mass is 32.1. The van der Waals surface area contributed by atoms with E-state index in [0.29, 0.717) is 5.39 Å². The molecule has 1 heterocycles. The molecule has 60 valence electrons. The molecule has 0 aliphatic rings. The molecule has 0 saturated heterocycles. The molecule has 2 rings (SSSR count). The summed E-state index contributed by atoms with van der Waals surface area (Å²) in [5.41, 5.74) is 0. The second kappa shape index (κ2) is 2.53. The number of aromatic nitrogens is 1. The first-order valence-corrected chi connectivity index (χ1v) is 4.05. The SMILES string of the molecule is O=[N+]([O-])c1nsc2ccccc12. The van der Waals surface area contributed by atoms with Crippen molar-refractivity contribution in [3.05, 3.63) is 34.4 Å². The van der Waals surface area contributed by atoms with Crippen LogP contribution in [0.25, 0.3) is 10.1 Å². The fourth-order valence-corrected chi connectivity index (χ4v) is 1.75. The van der Waals surface area contributed by atoms with Crippen LogP contribution in [0.3, 0.4) is 0 Å². The molecule has 12 heavy (non-hydrogen) atoms. The number of hydrogen-bond donors (Lipinski definition) is 0. The molecule has 0 radical (unpaired) electrons. The fourth-order valence-electron chi connectivity index (χ4n) is 1.00. The van der Waals surface area contributed by atoms with Crippen LogP contribution in [-0.2, 0) is 0 Å². The van der Waals surface area contributed by atoms with Crippen LogP contribution in [0.4, 0.5) is 5.82 Å². The molecule has 0 unspecified atom stereocenters. The standard InChI is InChI=1S/C7H4N2O2S/c10-9(11)7-5-3-1-2-4-6(5)12-8-7/h1-4H. The average Bonchev–Trinajstić information content (AvgIpc) is 2.47. The van der Waals surface area contributed by atoms with Gasteiger partial charge in [0, 0.05) is 4.37 Å². The molecule has 1 aromatic carbocycles. The molecule has 0 saturated carbocycles. The number of fused-ring (bicyclic) bond motifs is 1. The van der Waals surface area contributed by atoms with Crippen molar-refractivity contribution in [2.45, 2.75) is 0 Å². The van der Waals surface area contributed by atoms with Crippen LogP contribution in [0, 0.1) is 10.1 Å². The van der Waals surface area contributed by atoms with Gasteiger partial charge in [-0.1, -0.05) is 12.1 Å². The largest absolute Gasteiger partial charge is 0.386 e. The van der Waals surface area contributed by atoms with E-state index in [-0.39, 0.29) is 5.82 Å². The van der Waals surface area contributed by atoms with Gasteiger partial charge in [0.25, 0.3) is 0 Å². The molecule has 2 aromatic rings. The Bertz CT molecular complexity index is 438. The van der Waals surface area contributed by atoms with Crippen molar-refractivity contribution in [2.24, 2.45) is 0 Å². The Kier molecular flexibility index (Phi) is 1.51. The van der Waals surface area contributed by atoms with E-state index in [1.807, 2.05) is 12.1 Å². The Morgan fingerprint density at radius 3 is 2.92 bits per heavy atom. The van der Waals surface area contributed by atoms with Crippen LogP contribution >= 0.6 is 11.5 Å². The third kappa shape index (κ3) is 0.947. The highest BCUT2D eigenvalue weighted by Gasteiger charge is 2.15. The third-order valence-corrected chi connectivity index (χ3v) is 2.35. The summed E-state index contributed by atoms with van der Waals surface area (Å²) >= 11 is 1.15. The molecule has 0 spiro atoms. The normalized spacial score (nSPS) is 10.3. The van der Waals surface area contributed by atoms with Gasteiger partial charge in [-0.2, -0.15) is 0 Å². The number of nitrogens with zero attached hydrogens (tertiary/aromatic N) is 2. The summed E-state index contributed by atoms with van der Waals surface area (Å²) < 4.78 is 4.59. The van der Waals surface area contributed by atoms with Gasteiger partial charge < -0.3 is 10.1 Å². The number of rotatable bonds is 1. The molecule has 0 atom stereocenters. The van der Waals surface area contributed by atoms with Crippen LogP contribution in [0.5, 0.6) is 0 Å². The van der Waals surface area contributed by atoms with Gasteiger partial charge in [0.2, 0.25) is 0 Å². The highest BCUT2D eigenvalue weighted by molar-refractivity contribution is 7.13. The zero-order valence-corrected chi connectivity index (χ0v) is 6.75. The molecule has 0 bridgehead atoms. The lowest BCUT2D eigenvalue weighted by Crippen LogP contribution is -1.86. The first-order chi connectivity index (χ1) is 5.79. The molecule has 0 fully saturated rings. The zero-order valence-electron chi connectivity index (χ0n) is 5.93. The first-order valence-electron chi connectivity index (χ1n) is 3.28. The summed E-state index contributed by atoms with van der Waals surface area (Å²) in [6.07, 6.45) is 0. The summed E-state index contributed by atoms with van der Waals surface area (Å²) in [7, 11) is 0. The summed E-state index contributed by atoms with van der Waals surface area (Å²) in [5.74, 6) is -0.0457. The van der Waals surface area contributed by atoms with E-state index < -0.39 is 4.92 Å². The second-order valence-corrected chi connectivity index (χ2v) is 3.06.